The Morgan fingerprint density at radius 1 is 0.957 bits per heavy atom. The summed E-state index contributed by atoms with van der Waals surface area (Å²) in [5.41, 5.74) is 0.662. The molecule has 0 amide bonds. The first-order valence-electron chi connectivity index (χ1n) is 8.93. The van der Waals surface area contributed by atoms with E-state index < -0.39 is 0 Å². The first-order chi connectivity index (χ1) is 11.3. The van der Waals surface area contributed by atoms with Gasteiger partial charge in [0.25, 0.3) is 0 Å². The van der Waals surface area contributed by atoms with Crippen molar-refractivity contribution >= 4 is 10.9 Å². The Morgan fingerprint density at radius 3 is 2.26 bits per heavy atom. The maximum Gasteiger partial charge on any atom is 0.141 e. The molecule has 0 aliphatic heterocycles. The Kier molecular flexibility index (Phi) is 10.6. The van der Waals surface area contributed by atoms with Gasteiger partial charge in [-0.15, -0.1) is 6.58 Å². The number of nitrogens with zero attached hydrogens (tertiary/aromatic N) is 1. The molecule has 1 N–H and O–H groups in total. The van der Waals surface area contributed by atoms with Gasteiger partial charge in [0.2, 0.25) is 0 Å². The lowest BCUT2D eigenvalue weighted by Gasteiger charge is -1.99. The first kappa shape index (κ1) is 19.2. The van der Waals surface area contributed by atoms with Crippen molar-refractivity contribution in [3.8, 4) is 5.75 Å². The minimum atomic E-state index is 0.239. The van der Waals surface area contributed by atoms with Crippen molar-refractivity contribution in [3.63, 3.8) is 0 Å². The Balaban J connectivity index is 0.000000230. The lowest BCUT2D eigenvalue weighted by atomic mass is 10.1. The number of para-hydroxylation sites is 1. The number of phenolic OH excluding ortho intramolecular Hbond substituents is 1. The summed E-state index contributed by atoms with van der Waals surface area (Å²) in [6.45, 7) is 5.99. The third-order valence-electron chi connectivity index (χ3n) is 3.87. The molecule has 0 radical (unpaired) electrons. The molecule has 0 unspecified atom stereocenters. The second kappa shape index (κ2) is 12.7. The molecule has 0 bridgehead atoms. The van der Waals surface area contributed by atoms with Gasteiger partial charge in [0, 0.05) is 11.6 Å². The molecule has 0 saturated heterocycles. The topological polar surface area (TPSA) is 33.1 Å². The maximum absolute atomic E-state index is 9.31. The smallest absolute Gasteiger partial charge is 0.141 e. The quantitative estimate of drug-likeness (QED) is 0.415. The van der Waals surface area contributed by atoms with Gasteiger partial charge in [0.15, 0.2) is 0 Å². The van der Waals surface area contributed by atoms with E-state index in [1.54, 1.807) is 18.3 Å². The van der Waals surface area contributed by atoms with E-state index in [9.17, 15) is 5.11 Å². The molecule has 2 heteroatoms. The van der Waals surface area contributed by atoms with Gasteiger partial charge < -0.3 is 5.11 Å². The Labute approximate surface area is 141 Å². The van der Waals surface area contributed by atoms with Gasteiger partial charge in [-0.25, -0.2) is 0 Å². The van der Waals surface area contributed by atoms with E-state index >= 15 is 0 Å². The molecule has 1 heterocycles. The number of benzene rings is 1. The van der Waals surface area contributed by atoms with Crippen molar-refractivity contribution in [1.82, 2.24) is 4.98 Å². The number of hydrogen-bond donors (Lipinski definition) is 1. The molecule has 0 spiro atoms. The summed E-state index contributed by atoms with van der Waals surface area (Å²) in [6, 6.07) is 9.13. The minimum absolute atomic E-state index is 0.239. The zero-order chi connectivity index (χ0) is 16.8. The lowest BCUT2D eigenvalue weighted by Crippen LogP contribution is -1.79. The van der Waals surface area contributed by atoms with Gasteiger partial charge in [-0.3, -0.25) is 4.98 Å². The van der Waals surface area contributed by atoms with E-state index in [0.29, 0.717) is 5.52 Å². The number of fused-ring (bicyclic) bond motifs is 1. The van der Waals surface area contributed by atoms with Crippen LogP contribution in [0.3, 0.4) is 0 Å². The summed E-state index contributed by atoms with van der Waals surface area (Å²) in [5.74, 6) is 0.239. The van der Waals surface area contributed by atoms with Crippen LogP contribution in [0.5, 0.6) is 5.75 Å². The summed E-state index contributed by atoms with van der Waals surface area (Å²) < 4.78 is 0. The standard InChI is InChI=1S/C12H24.C9H7NO/c1-3-5-7-9-11-12-10-8-6-4-2;11-8-5-1-3-7-4-2-6-10-9(7)8/h3H,1,4-12H2,2H3;1-6,11H. The molecule has 1 aromatic heterocycles. The van der Waals surface area contributed by atoms with Gasteiger partial charge in [-0.1, -0.05) is 76.1 Å². The number of hydrogen-bond acceptors (Lipinski definition) is 2. The van der Waals surface area contributed by atoms with Crippen LogP contribution in [-0.2, 0) is 0 Å². The number of aromatic nitrogens is 1. The van der Waals surface area contributed by atoms with Crippen LogP contribution < -0.4 is 0 Å². The average molecular weight is 313 g/mol. The Hall–Kier alpha value is -1.83. The zero-order valence-corrected chi connectivity index (χ0v) is 14.5. The molecule has 1 aromatic carbocycles. The normalized spacial score (nSPS) is 10.1. The van der Waals surface area contributed by atoms with Gasteiger partial charge in [0.1, 0.15) is 11.3 Å². The monoisotopic (exact) mass is 313 g/mol. The predicted molar refractivity (Wildman–Crippen MR) is 101 cm³/mol. The number of pyridine rings is 1. The van der Waals surface area contributed by atoms with E-state index in [0.717, 1.165) is 5.39 Å². The summed E-state index contributed by atoms with van der Waals surface area (Å²) >= 11 is 0. The third kappa shape index (κ3) is 8.39. The molecular formula is C21H31NO. The van der Waals surface area contributed by atoms with Gasteiger partial charge in [-0.05, 0) is 25.0 Å². The summed E-state index contributed by atoms with van der Waals surface area (Å²) in [5, 5.41) is 10.3. The maximum atomic E-state index is 9.31. The van der Waals surface area contributed by atoms with Crippen LogP contribution >= 0.6 is 0 Å². The van der Waals surface area contributed by atoms with Crippen molar-refractivity contribution in [3.05, 3.63) is 49.2 Å². The second-order valence-corrected chi connectivity index (χ2v) is 5.90. The number of phenols is 1. The molecule has 0 saturated carbocycles. The summed E-state index contributed by atoms with van der Waals surface area (Å²) in [4.78, 5) is 4.03. The number of aromatic hydroxyl groups is 1. The highest BCUT2D eigenvalue weighted by atomic mass is 16.3. The van der Waals surface area contributed by atoms with Crippen molar-refractivity contribution in [2.75, 3.05) is 0 Å². The number of rotatable bonds is 9. The molecule has 0 atom stereocenters. The van der Waals surface area contributed by atoms with Crippen LogP contribution in [-0.4, -0.2) is 10.1 Å². The molecular weight excluding hydrogens is 282 g/mol. The highest BCUT2D eigenvalue weighted by Gasteiger charge is 1.96. The number of allylic oxidation sites excluding steroid dienone is 1. The fourth-order valence-corrected chi connectivity index (χ4v) is 2.51. The van der Waals surface area contributed by atoms with E-state index in [-0.39, 0.29) is 5.75 Å². The van der Waals surface area contributed by atoms with Crippen LogP contribution in [0.4, 0.5) is 0 Å². The zero-order valence-electron chi connectivity index (χ0n) is 14.5. The molecule has 2 nitrogen and oxygen atoms in total. The van der Waals surface area contributed by atoms with Crippen molar-refractivity contribution < 1.29 is 5.11 Å². The first-order valence-corrected chi connectivity index (χ1v) is 8.93. The SMILES string of the molecule is C=CCCCCCCCCCC.Oc1cccc2cccnc12. The second-order valence-electron chi connectivity index (χ2n) is 5.90. The number of unbranched alkanes of at least 4 members (excludes halogenated alkanes) is 8. The van der Waals surface area contributed by atoms with Crippen molar-refractivity contribution in [2.24, 2.45) is 0 Å². The van der Waals surface area contributed by atoms with Crippen LogP contribution in [0.25, 0.3) is 10.9 Å². The predicted octanol–water partition coefficient (Wildman–Crippen LogP) is 6.64. The molecule has 23 heavy (non-hydrogen) atoms. The Morgan fingerprint density at radius 2 is 1.61 bits per heavy atom. The molecule has 0 aliphatic carbocycles. The molecule has 0 fully saturated rings. The highest BCUT2D eigenvalue weighted by Crippen LogP contribution is 2.20. The summed E-state index contributed by atoms with van der Waals surface area (Å²) in [7, 11) is 0. The highest BCUT2D eigenvalue weighted by molar-refractivity contribution is 5.83. The molecule has 0 aliphatic rings. The fraction of sp³-hybridized carbons (Fsp3) is 0.476. The lowest BCUT2D eigenvalue weighted by molar-refractivity contribution is 0.480. The van der Waals surface area contributed by atoms with Crippen molar-refractivity contribution in [2.45, 2.75) is 64.7 Å². The van der Waals surface area contributed by atoms with E-state index in [1.807, 2.05) is 24.3 Å². The fourth-order valence-electron chi connectivity index (χ4n) is 2.51. The van der Waals surface area contributed by atoms with E-state index in [2.05, 4.69) is 18.5 Å². The molecule has 126 valence electrons. The Bertz CT molecular complexity index is 545. The van der Waals surface area contributed by atoms with Gasteiger partial charge in [0.05, 0.1) is 0 Å². The van der Waals surface area contributed by atoms with E-state index in [1.165, 1.54) is 57.8 Å². The van der Waals surface area contributed by atoms with Gasteiger partial charge >= 0.3 is 0 Å². The van der Waals surface area contributed by atoms with Crippen LogP contribution in [0.1, 0.15) is 64.7 Å². The largest absolute Gasteiger partial charge is 0.506 e. The molecule has 2 rings (SSSR count). The van der Waals surface area contributed by atoms with Crippen LogP contribution in [0.15, 0.2) is 49.2 Å². The third-order valence-corrected chi connectivity index (χ3v) is 3.87. The minimum Gasteiger partial charge on any atom is -0.506 e. The van der Waals surface area contributed by atoms with Gasteiger partial charge in [-0.2, -0.15) is 0 Å². The van der Waals surface area contributed by atoms with Crippen molar-refractivity contribution in [1.29, 1.82) is 0 Å². The van der Waals surface area contributed by atoms with Crippen LogP contribution in [0, 0.1) is 0 Å². The molecule has 2 aromatic rings. The van der Waals surface area contributed by atoms with Crippen LogP contribution in [0.2, 0.25) is 0 Å². The van der Waals surface area contributed by atoms with E-state index in [4.69, 9.17) is 0 Å². The average Bonchev–Trinajstić information content (AvgIpc) is 2.58. The summed E-state index contributed by atoms with van der Waals surface area (Å²) in [6.07, 6.45) is 16.2.